The highest BCUT2D eigenvalue weighted by molar-refractivity contribution is 6.31. The highest BCUT2D eigenvalue weighted by Crippen LogP contribution is 2.43. The van der Waals surface area contributed by atoms with Gasteiger partial charge in [-0.05, 0) is 33.6 Å². The van der Waals surface area contributed by atoms with E-state index in [-0.39, 0.29) is 17.7 Å². The van der Waals surface area contributed by atoms with Crippen molar-refractivity contribution in [2.75, 3.05) is 6.61 Å². The van der Waals surface area contributed by atoms with Crippen LogP contribution in [0.15, 0.2) is 6.20 Å². The molecule has 1 aromatic rings. The molecular weight excluding hydrogens is 288 g/mol. The maximum atomic E-state index is 6.41. The van der Waals surface area contributed by atoms with Crippen molar-refractivity contribution in [3.8, 4) is 0 Å². The van der Waals surface area contributed by atoms with E-state index < -0.39 is 0 Å². The first-order valence-corrected chi connectivity index (χ1v) is 8.26. The summed E-state index contributed by atoms with van der Waals surface area (Å²) >= 11 is 6.41. The van der Waals surface area contributed by atoms with Crippen LogP contribution in [0.1, 0.15) is 70.7 Å². The number of nitrogens with one attached hydrogen (secondary N) is 1. The fraction of sp³-hybridized carbons (Fsp3) is 0.800. The standard InChI is InChI=1S/C15H27ClN4O/c1-4-21-15(8-6-5-7-9-15)14(19-17)13-12(16)10-18-20(13)11(2)3/h10-11,14,19H,4-9,17H2,1-3H3. The van der Waals surface area contributed by atoms with Gasteiger partial charge in [0, 0.05) is 12.6 Å². The van der Waals surface area contributed by atoms with E-state index in [0.717, 1.165) is 31.4 Å². The molecule has 0 radical (unpaired) electrons. The number of aromatic nitrogens is 2. The topological polar surface area (TPSA) is 65.1 Å². The molecule has 1 unspecified atom stereocenters. The molecule has 1 aromatic heterocycles. The number of ether oxygens (including phenoxy) is 1. The largest absolute Gasteiger partial charge is 0.373 e. The van der Waals surface area contributed by atoms with Crippen molar-refractivity contribution in [2.45, 2.75) is 70.6 Å². The minimum atomic E-state index is -0.294. The average Bonchev–Trinajstić information content (AvgIpc) is 2.83. The summed E-state index contributed by atoms with van der Waals surface area (Å²) in [6.45, 7) is 6.89. The zero-order valence-corrected chi connectivity index (χ0v) is 14.0. The Labute approximate surface area is 132 Å². The van der Waals surface area contributed by atoms with Gasteiger partial charge >= 0.3 is 0 Å². The molecule has 1 saturated carbocycles. The summed E-state index contributed by atoms with van der Waals surface area (Å²) in [6, 6.07) is 0.0840. The number of halogens is 1. The molecule has 1 fully saturated rings. The molecule has 1 aliphatic rings. The normalized spacial score (nSPS) is 19.9. The Morgan fingerprint density at radius 1 is 1.43 bits per heavy atom. The predicted octanol–water partition coefficient (Wildman–Crippen LogP) is 3.36. The van der Waals surface area contributed by atoms with Gasteiger partial charge in [-0.25, -0.2) is 5.43 Å². The van der Waals surface area contributed by atoms with Gasteiger partial charge in [-0.1, -0.05) is 30.9 Å². The van der Waals surface area contributed by atoms with Crippen molar-refractivity contribution in [2.24, 2.45) is 5.84 Å². The molecule has 0 aromatic carbocycles. The SMILES string of the molecule is CCOC1(C(NN)c2c(Cl)cnn2C(C)C)CCCCC1. The van der Waals surface area contributed by atoms with E-state index in [2.05, 4.69) is 24.4 Å². The van der Waals surface area contributed by atoms with Gasteiger partial charge < -0.3 is 4.74 Å². The summed E-state index contributed by atoms with van der Waals surface area (Å²) in [5.74, 6) is 5.92. The summed E-state index contributed by atoms with van der Waals surface area (Å²) in [5.41, 5.74) is 3.61. The van der Waals surface area contributed by atoms with E-state index in [1.54, 1.807) is 6.20 Å². The van der Waals surface area contributed by atoms with Gasteiger partial charge in [0.25, 0.3) is 0 Å². The third-order valence-electron chi connectivity index (χ3n) is 4.37. The van der Waals surface area contributed by atoms with Crippen LogP contribution in [-0.4, -0.2) is 22.0 Å². The van der Waals surface area contributed by atoms with Crippen LogP contribution < -0.4 is 11.3 Å². The third kappa shape index (κ3) is 3.26. The Kier molecular flexibility index (Phi) is 5.66. The van der Waals surface area contributed by atoms with Crippen molar-refractivity contribution in [1.29, 1.82) is 0 Å². The molecule has 1 heterocycles. The van der Waals surface area contributed by atoms with Crippen LogP contribution in [0.2, 0.25) is 5.02 Å². The Hall–Kier alpha value is -0.620. The molecule has 1 atom stereocenters. The monoisotopic (exact) mass is 314 g/mol. The van der Waals surface area contributed by atoms with E-state index in [1.165, 1.54) is 6.42 Å². The molecular formula is C15H27ClN4O. The molecule has 0 amide bonds. The summed E-state index contributed by atoms with van der Waals surface area (Å²) < 4.78 is 8.14. The second-order valence-corrected chi connectivity index (χ2v) is 6.48. The summed E-state index contributed by atoms with van der Waals surface area (Å²) in [7, 11) is 0. The molecule has 2 rings (SSSR count). The molecule has 21 heavy (non-hydrogen) atoms. The lowest BCUT2D eigenvalue weighted by atomic mass is 9.78. The molecule has 1 aliphatic carbocycles. The van der Waals surface area contributed by atoms with Crippen LogP contribution in [0.25, 0.3) is 0 Å². The number of hydrogen-bond acceptors (Lipinski definition) is 4. The predicted molar refractivity (Wildman–Crippen MR) is 85.1 cm³/mol. The second kappa shape index (κ2) is 7.09. The minimum absolute atomic E-state index is 0.143. The van der Waals surface area contributed by atoms with E-state index in [1.807, 2.05) is 11.6 Å². The van der Waals surface area contributed by atoms with Crippen LogP contribution in [0, 0.1) is 0 Å². The van der Waals surface area contributed by atoms with Crippen molar-refractivity contribution in [3.63, 3.8) is 0 Å². The number of nitrogens with zero attached hydrogens (tertiary/aromatic N) is 2. The van der Waals surface area contributed by atoms with E-state index in [4.69, 9.17) is 22.2 Å². The molecule has 3 N–H and O–H groups in total. The van der Waals surface area contributed by atoms with E-state index >= 15 is 0 Å². The lowest BCUT2D eigenvalue weighted by Gasteiger charge is -2.43. The fourth-order valence-electron chi connectivity index (χ4n) is 3.47. The molecule has 0 aliphatic heterocycles. The van der Waals surface area contributed by atoms with Crippen LogP contribution in [0.4, 0.5) is 0 Å². The van der Waals surface area contributed by atoms with Crippen molar-refractivity contribution in [1.82, 2.24) is 15.2 Å². The van der Waals surface area contributed by atoms with Gasteiger partial charge in [0.15, 0.2) is 0 Å². The molecule has 0 bridgehead atoms. The number of hydrogen-bond donors (Lipinski definition) is 2. The van der Waals surface area contributed by atoms with Gasteiger partial charge in [-0.2, -0.15) is 5.10 Å². The number of nitrogens with two attached hydrogens (primary N) is 1. The van der Waals surface area contributed by atoms with Crippen molar-refractivity contribution >= 4 is 11.6 Å². The Balaban J connectivity index is 2.43. The molecule has 120 valence electrons. The minimum Gasteiger partial charge on any atom is -0.373 e. The third-order valence-corrected chi connectivity index (χ3v) is 4.67. The van der Waals surface area contributed by atoms with Gasteiger partial charge in [-0.3, -0.25) is 10.5 Å². The second-order valence-electron chi connectivity index (χ2n) is 6.07. The highest BCUT2D eigenvalue weighted by atomic mass is 35.5. The Morgan fingerprint density at radius 3 is 2.62 bits per heavy atom. The Morgan fingerprint density at radius 2 is 2.10 bits per heavy atom. The molecule has 5 nitrogen and oxygen atoms in total. The van der Waals surface area contributed by atoms with Crippen molar-refractivity contribution < 1.29 is 4.74 Å². The molecule has 6 heteroatoms. The number of hydrazine groups is 1. The summed E-state index contributed by atoms with van der Waals surface area (Å²) in [5, 5.41) is 5.05. The van der Waals surface area contributed by atoms with Crippen LogP contribution in [0.3, 0.4) is 0 Å². The number of rotatable bonds is 6. The Bertz CT molecular complexity index is 449. The molecule has 0 spiro atoms. The van der Waals surface area contributed by atoms with Gasteiger partial charge in [0.1, 0.15) is 0 Å². The maximum absolute atomic E-state index is 6.41. The van der Waals surface area contributed by atoms with Crippen LogP contribution in [0.5, 0.6) is 0 Å². The lowest BCUT2D eigenvalue weighted by molar-refractivity contribution is -0.0931. The quantitative estimate of drug-likeness (QED) is 0.624. The first-order chi connectivity index (χ1) is 10.1. The smallest absolute Gasteiger partial charge is 0.0933 e. The zero-order chi connectivity index (χ0) is 15.5. The summed E-state index contributed by atoms with van der Waals surface area (Å²) in [4.78, 5) is 0. The van der Waals surface area contributed by atoms with Gasteiger partial charge in [0.05, 0.1) is 28.6 Å². The van der Waals surface area contributed by atoms with Crippen molar-refractivity contribution in [3.05, 3.63) is 16.9 Å². The average molecular weight is 315 g/mol. The fourth-order valence-corrected chi connectivity index (χ4v) is 3.71. The molecule has 0 saturated heterocycles. The maximum Gasteiger partial charge on any atom is 0.0933 e. The first-order valence-electron chi connectivity index (χ1n) is 7.88. The van der Waals surface area contributed by atoms with Gasteiger partial charge in [0.2, 0.25) is 0 Å². The lowest BCUT2D eigenvalue weighted by Crippen LogP contribution is -2.50. The van der Waals surface area contributed by atoms with E-state index in [9.17, 15) is 0 Å². The first kappa shape index (κ1) is 16.7. The highest BCUT2D eigenvalue weighted by Gasteiger charge is 2.43. The van der Waals surface area contributed by atoms with E-state index in [0.29, 0.717) is 11.6 Å². The van der Waals surface area contributed by atoms with Crippen LogP contribution in [-0.2, 0) is 4.74 Å². The van der Waals surface area contributed by atoms with Crippen LogP contribution >= 0.6 is 11.6 Å². The zero-order valence-electron chi connectivity index (χ0n) is 13.2. The van der Waals surface area contributed by atoms with Gasteiger partial charge in [-0.15, -0.1) is 0 Å². The summed E-state index contributed by atoms with van der Waals surface area (Å²) in [6.07, 6.45) is 7.26.